The van der Waals surface area contributed by atoms with E-state index in [0.717, 1.165) is 16.5 Å². The Morgan fingerprint density at radius 3 is 2.46 bits per heavy atom. The summed E-state index contributed by atoms with van der Waals surface area (Å²) in [5.74, 6) is -0.705. The fraction of sp³-hybridized carbons (Fsp3) is 0.167. The van der Waals surface area contributed by atoms with Gasteiger partial charge in [-0.2, -0.15) is 0 Å². The highest BCUT2D eigenvalue weighted by Crippen LogP contribution is 2.22. The molecule has 0 saturated heterocycles. The number of hydrogen-bond donors (Lipinski definition) is 1. The van der Waals surface area contributed by atoms with Crippen LogP contribution in [0.1, 0.15) is 16.7 Å². The molecule has 0 saturated carbocycles. The fourth-order valence-corrected chi connectivity index (χ4v) is 2.97. The van der Waals surface area contributed by atoms with Crippen LogP contribution in [0.2, 0.25) is 10.0 Å². The van der Waals surface area contributed by atoms with E-state index in [9.17, 15) is 13.2 Å². The quantitative estimate of drug-likeness (QED) is 0.697. The maximum atomic E-state index is 11.9. The van der Waals surface area contributed by atoms with Crippen molar-refractivity contribution in [2.75, 3.05) is 6.54 Å². The smallest absolute Gasteiger partial charge is 0.321 e. The van der Waals surface area contributed by atoms with E-state index in [1.807, 2.05) is 19.1 Å². The summed E-state index contributed by atoms with van der Waals surface area (Å²) in [5, 5.41) is 1.75. The predicted molar refractivity (Wildman–Crippen MR) is 103 cm³/mol. The molecule has 2 aromatic carbocycles. The van der Waals surface area contributed by atoms with E-state index < -0.39 is 22.5 Å². The van der Waals surface area contributed by atoms with Crippen LogP contribution in [0, 0.1) is 6.92 Å². The summed E-state index contributed by atoms with van der Waals surface area (Å²) in [6.45, 7) is 1.44. The third kappa shape index (κ3) is 6.80. The first-order valence-electron chi connectivity index (χ1n) is 7.59. The minimum atomic E-state index is -3.75. The average molecular weight is 414 g/mol. The van der Waals surface area contributed by atoms with Crippen LogP contribution in [-0.4, -0.2) is 20.9 Å². The molecular formula is C18H17Cl2NO4S. The number of esters is 1. The number of nitrogens with one attached hydrogen (secondary N) is 1. The Morgan fingerprint density at radius 2 is 1.81 bits per heavy atom. The third-order valence-corrected chi connectivity index (χ3v) is 5.10. The van der Waals surface area contributed by atoms with Crippen molar-refractivity contribution in [3.63, 3.8) is 0 Å². The zero-order chi connectivity index (χ0) is 19.2. The van der Waals surface area contributed by atoms with Crippen LogP contribution < -0.4 is 4.72 Å². The second kappa shape index (κ2) is 9.19. The number of sulfonamides is 1. The lowest BCUT2D eigenvalue weighted by atomic mass is 10.2. The minimum absolute atomic E-state index is 0.0311. The van der Waals surface area contributed by atoms with Crippen molar-refractivity contribution in [3.8, 4) is 0 Å². The lowest BCUT2D eigenvalue weighted by Crippen LogP contribution is -2.29. The van der Waals surface area contributed by atoms with Gasteiger partial charge in [0.2, 0.25) is 10.0 Å². The minimum Gasteiger partial charge on any atom is -0.460 e. The normalized spacial score (nSPS) is 11.7. The van der Waals surface area contributed by atoms with E-state index in [1.54, 1.807) is 30.3 Å². The molecule has 138 valence electrons. The van der Waals surface area contributed by atoms with Crippen molar-refractivity contribution in [2.45, 2.75) is 13.5 Å². The van der Waals surface area contributed by atoms with Crippen molar-refractivity contribution in [1.29, 1.82) is 0 Å². The summed E-state index contributed by atoms with van der Waals surface area (Å²) in [7, 11) is -3.75. The number of aryl methyl sites for hydroxylation is 1. The van der Waals surface area contributed by atoms with E-state index in [0.29, 0.717) is 15.6 Å². The molecule has 1 N–H and O–H groups in total. The summed E-state index contributed by atoms with van der Waals surface area (Å²) in [6.07, 6.45) is 1.45. The first-order valence-corrected chi connectivity index (χ1v) is 9.89. The number of hydrogen-bond acceptors (Lipinski definition) is 4. The molecule has 0 atom stereocenters. The van der Waals surface area contributed by atoms with Crippen molar-refractivity contribution >= 4 is 45.3 Å². The number of halogens is 2. The largest absolute Gasteiger partial charge is 0.460 e. The van der Waals surface area contributed by atoms with Gasteiger partial charge >= 0.3 is 5.97 Å². The standard InChI is InChI=1S/C18H17Cl2NO4S/c1-13-2-4-14(5-3-13)8-9-26(23,24)21-11-18(22)25-12-15-6-7-16(19)17(20)10-15/h2-10,21H,11-12H2,1H3/b9-8+. The van der Waals surface area contributed by atoms with Crippen molar-refractivity contribution in [1.82, 2.24) is 4.72 Å². The number of ether oxygens (including phenoxy) is 1. The molecule has 0 amide bonds. The van der Waals surface area contributed by atoms with E-state index in [4.69, 9.17) is 27.9 Å². The summed E-state index contributed by atoms with van der Waals surface area (Å²) < 4.78 is 31.0. The Bertz CT molecular complexity index is 909. The van der Waals surface area contributed by atoms with Crippen LogP contribution in [0.5, 0.6) is 0 Å². The van der Waals surface area contributed by atoms with Crippen LogP contribution in [0.4, 0.5) is 0 Å². The fourth-order valence-electron chi connectivity index (χ4n) is 1.90. The van der Waals surface area contributed by atoms with Crippen LogP contribution in [0.25, 0.3) is 6.08 Å². The zero-order valence-corrected chi connectivity index (χ0v) is 16.2. The molecule has 5 nitrogen and oxygen atoms in total. The van der Waals surface area contributed by atoms with Crippen LogP contribution in [0.15, 0.2) is 47.9 Å². The van der Waals surface area contributed by atoms with Crippen LogP contribution >= 0.6 is 23.2 Å². The van der Waals surface area contributed by atoms with Crippen molar-refractivity contribution in [2.24, 2.45) is 0 Å². The lowest BCUT2D eigenvalue weighted by molar-refractivity contribution is -0.143. The van der Waals surface area contributed by atoms with E-state index >= 15 is 0 Å². The Labute approximate surface area is 162 Å². The molecule has 8 heteroatoms. The van der Waals surface area contributed by atoms with Gasteiger partial charge in [-0.15, -0.1) is 0 Å². The highest BCUT2D eigenvalue weighted by atomic mass is 35.5. The lowest BCUT2D eigenvalue weighted by Gasteiger charge is -2.06. The second-order valence-electron chi connectivity index (χ2n) is 5.49. The first kappa shape index (κ1) is 20.5. The molecule has 0 aromatic heterocycles. The summed E-state index contributed by atoms with van der Waals surface area (Å²) in [5.41, 5.74) is 2.46. The SMILES string of the molecule is Cc1ccc(/C=C/S(=O)(=O)NCC(=O)OCc2ccc(Cl)c(Cl)c2)cc1. The highest BCUT2D eigenvalue weighted by molar-refractivity contribution is 7.92. The molecule has 0 fully saturated rings. The molecular weight excluding hydrogens is 397 g/mol. The summed E-state index contributed by atoms with van der Waals surface area (Å²) >= 11 is 11.7. The van der Waals surface area contributed by atoms with Crippen LogP contribution in [0.3, 0.4) is 0 Å². The molecule has 2 aromatic rings. The Kier molecular flexibility index (Phi) is 7.23. The monoisotopic (exact) mass is 413 g/mol. The summed E-state index contributed by atoms with van der Waals surface area (Å²) in [6, 6.07) is 12.2. The maximum absolute atomic E-state index is 11.9. The topological polar surface area (TPSA) is 72.5 Å². The number of rotatable bonds is 7. The van der Waals surface area contributed by atoms with Gasteiger partial charge in [-0.05, 0) is 36.3 Å². The van der Waals surface area contributed by atoms with Crippen molar-refractivity contribution in [3.05, 3.63) is 74.6 Å². The molecule has 0 radical (unpaired) electrons. The molecule has 0 bridgehead atoms. The van der Waals surface area contributed by atoms with Gasteiger partial charge in [0.15, 0.2) is 0 Å². The Morgan fingerprint density at radius 1 is 1.12 bits per heavy atom. The molecule has 0 aliphatic heterocycles. The number of benzene rings is 2. The molecule has 0 unspecified atom stereocenters. The van der Waals surface area contributed by atoms with Gasteiger partial charge in [-0.1, -0.05) is 59.1 Å². The van der Waals surface area contributed by atoms with E-state index in [1.165, 1.54) is 6.08 Å². The molecule has 0 spiro atoms. The van der Waals surface area contributed by atoms with Crippen molar-refractivity contribution < 1.29 is 17.9 Å². The summed E-state index contributed by atoms with van der Waals surface area (Å²) in [4.78, 5) is 11.7. The van der Waals surface area contributed by atoms with Gasteiger partial charge in [0, 0.05) is 5.41 Å². The van der Waals surface area contributed by atoms with E-state index in [-0.39, 0.29) is 6.61 Å². The molecule has 2 rings (SSSR count). The van der Waals surface area contributed by atoms with E-state index in [2.05, 4.69) is 4.72 Å². The molecule has 0 heterocycles. The zero-order valence-electron chi connectivity index (χ0n) is 13.9. The number of carbonyl (C=O) groups is 1. The molecule has 0 aliphatic carbocycles. The predicted octanol–water partition coefficient (Wildman–Crippen LogP) is 3.94. The second-order valence-corrected chi connectivity index (χ2v) is 7.95. The highest BCUT2D eigenvalue weighted by Gasteiger charge is 2.10. The van der Waals surface area contributed by atoms with Gasteiger partial charge < -0.3 is 4.74 Å². The van der Waals surface area contributed by atoms with Gasteiger partial charge in [-0.25, -0.2) is 13.1 Å². The first-order chi connectivity index (χ1) is 12.2. The van der Waals surface area contributed by atoms with Gasteiger partial charge in [-0.3, -0.25) is 4.79 Å². The molecule has 0 aliphatic rings. The number of carbonyl (C=O) groups excluding carboxylic acids is 1. The Hall–Kier alpha value is -1.86. The van der Waals surface area contributed by atoms with Gasteiger partial charge in [0.25, 0.3) is 0 Å². The average Bonchev–Trinajstić information content (AvgIpc) is 2.61. The molecule has 26 heavy (non-hydrogen) atoms. The Balaban J connectivity index is 1.83. The van der Waals surface area contributed by atoms with Crippen LogP contribution in [-0.2, 0) is 26.2 Å². The van der Waals surface area contributed by atoms with Gasteiger partial charge in [0.1, 0.15) is 13.2 Å². The van der Waals surface area contributed by atoms with Gasteiger partial charge in [0.05, 0.1) is 10.0 Å². The maximum Gasteiger partial charge on any atom is 0.321 e. The third-order valence-electron chi connectivity index (χ3n) is 3.32.